The van der Waals surface area contributed by atoms with Crippen molar-refractivity contribution in [1.82, 2.24) is 5.32 Å². The lowest BCUT2D eigenvalue weighted by atomic mass is 9.46. The molecule has 1 heterocycles. The number of hydrogen-bond acceptors (Lipinski definition) is 5. The van der Waals surface area contributed by atoms with Crippen LogP contribution in [0.2, 0.25) is 0 Å². The van der Waals surface area contributed by atoms with E-state index in [-0.39, 0.29) is 42.6 Å². The van der Waals surface area contributed by atoms with Crippen LogP contribution < -0.4 is 11.1 Å². The van der Waals surface area contributed by atoms with Crippen molar-refractivity contribution in [3.63, 3.8) is 0 Å². The predicted octanol–water partition coefficient (Wildman–Crippen LogP) is 2.17. The number of halogens is 1. The number of carbonyl (C=O) groups is 1. The number of amides is 1. The molecule has 7 nitrogen and oxygen atoms in total. The molecular formula is C17H24ClN3O4. The van der Waals surface area contributed by atoms with E-state index in [1.165, 1.54) is 6.07 Å². The molecule has 1 aliphatic heterocycles. The molecule has 1 amide bonds. The number of nitrogens with two attached hydrogens (primary N) is 1. The van der Waals surface area contributed by atoms with Gasteiger partial charge in [0.2, 0.25) is 5.91 Å². The van der Waals surface area contributed by atoms with E-state index in [9.17, 15) is 14.9 Å². The molecule has 1 aromatic rings. The third kappa shape index (κ3) is 2.90. The van der Waals surface area contributed by atoms with Crippen LogP contribution in [0.4, 0.5) is 5.69 Å². The van der Waals surface area contributed by atoms with Crippen LogP contribution >= 0.6 is 12.4 Å². The summed E-state index contributed by atoms with van der Waals surface area (Å²) in [5, 5.41) is 13.9. The van der Waals surface area contributed by atoms with Crippen LogP contribution in [0.25, 0.3) is 0 Å². The molecule has 0 aromatic heterocycles. The van der Waals surface area contributed by atoms with Crippen molar-refractivity contribution >= 4 is 24.0 Å². The van der Waals surface area contributed by atoms with Gasteiger partial charge in [0.05, 0.1) is 11.0 Å². The number of para-hydroxylation sites is 1. The summed E-state index contributed by atoms with van der Waals surface area (Å²) in [4.78, 5) is 23.4. The fraction of sp³-hybridized carbons (Fsp3) is 0.588. The number of nitro groups is 1. The molecule has 2 fully saturated rings. The first-order valence-corrected chi connectivity index (χ1v) is 8.21. The lowest BCUT2D eigenvalue weighted by Gasteiger charge is -2.65. The lowest BCUT2D eigenvalue weighted by Crippen LogP contribution is -2.82. The van der Waals surface area contributed by atoms with Gasteiger partial charge >= 0.3 is 0 Å². The van der Waals surface area contributed by atoms with Gasteiger partial charge in [0.1, 0.15) is 5.54 Å². The predicted molar refractivity (Wildman–Crippen MR) is 95.4 cm³/mol. The maximum absolute atomic E-state index is 12.8. The van der Waals surface area contributed by atoms with Crippen molar-refractivity contribution in [2.75, 3.05) is 6.61 Å². The summed E-state index contributed by atoms with van der Waals surface area (Å²) in [6.07, 6.45) is 1.75. The zero-order valence-corrected chi connectivity index (χ0v) is 15.2. The number of rotatable bonds is 4. The van der Waals surface area contributed by atoms with Crippen molar-refractivity contribution in [2.45, 2.75) is 44.9 Å². The highest BCUT2D eigenvalue weighted by Crippen LogP contribution is 2.57. The van der Waals surface area contributed by atoms with E-state index in [2.05, 4.69) is 5.32 Å². The SMILES string of the molecule is CC1(C)C2OCCCC2C1(N)C(=O)NCc1ccccc1[N+](=O)[O-].Cl. The molecule has 0 bridgehead atoms. The molecule has 0 spiro atoms. The fourth-order valence-corrected chi connectivity index (χ4v) is 4.20. The quantitative estimate of drug-likeness (QED) is 0.624. The Morgan fingerprint density at radius 3 is 2.80 bits per heavy atom. The molecule has 138 valence electrons. The van der Waals surface area contributed by atoms with E-state index in [1.807, 2.05) is 13.8 Å². The Hall–Kier alpha value is -1.70. The minimum atomic E-state index is -1.01. The Morgan fingerprint density at radius 2 is 2.12 bits per heavy atom. The van der Waals surface area contributed by atoms with Gasteiger partial charge < -0.3 is 15.8 Å². The van der Waals surface area contributed by atoms with E-state index in [1.54, 1.807) is 18.2 Å². The Morgan fingerprint density at radius 1 is 1.44 bits per heavy atom. The minimum Gasteiger partial charge on any atom is -0.377 e. The molecule has 1 aliphatic carbocycles. The molecular weight excluding hydrogens is 346 g/mol. The second kappa shape index (κ2) is 6.90. The van der Waals surface area contributed by atoms with Crippen molar-refractivity contribution in [3.8, 4) is 0 Å². The summed E-state index contributed by atoms with van der Waals surface area (Å²) >= 11 is 0. The first kappa shape index (κ1) is 19.6. The molecule has 2 aliphatic rings. The van der Waals surface area contributed by atoms with Crippen molar-refractivity contribution < 1.29 is 14.5 Å². The largest absolute Gasteiger partial charge is 0.377 e. The van der Waals surface area contributed by atoms with E-state index >= 15 is 0 Å². The Balaban J connectivity index is 0.00000225. The summed E-state index contributed by atoms with van der Waals surface area (Å²) < 4.78 is 5.80. The number of benzene rings is 1. The zero-order valence-electron chi connectivity index (χ0n) is 14.4. The first-order valence-electron chi connectivity index (χ1n) is 8.21. The second-order valence-electron chi connectivity index (χ2n) is 7.20. The molecule has 25 heavy (non-hydrogen) atoms. The van der Waals surface area contributed by atoms with Gasteiger partial charge in [-0.05, 0) is 12.8 Å². The summed E-state index contributed by atoms with van der Waals surface area (Å²) in [5.74, 6) is -0.274. The molecule has 1 aromatic carbocycles. The third-order valence-electron chi connectivity index (χ3n) is 5.69. The molecule has 3 rings (SSSR count). The van der Waals surface area contributed by atoms with E-state index in [4.69, 9.17) is 10.5 Å². The smallest absolute Gasteiger partial charge is 0.274 e. The number of ether oxygens (including phenoxy) is 1. The average molecular weight is 370 g/mol. The van der Waals surface area contributed by atoms with Gasteiger partial charge in [0.25, 0.3) is 5.69 Å². The highest BCUT2D eigenvalue weighted by Gasteiger charge is 2.70. The van der Waals surface area contributed by atoms with E-state index in [0.29, 0.717) is 12.2 Å². The third-order valence-corrected chi connectivity index (χ3v) is 5.69. The zero-order chi connectivity index (χ0) is 17.5. The van der Waals surface area contributed by atoms with Gasteiger partial charge in [-0.15, -0.1) is 12.4 Å². The van der Waals surface area contributed by atoms with Gasteiger partial charge in [-0.3, -0.25) is 14.9 Å². The topological polar surface area (TPSA) is 107 Å². The normalized spacial score (nSPS) is 29.6. The number of fused-ring (bicyclic) bond motifs is 1. The second-order valence-corrected chi connectivity index (χ2v) is 7.20. The lowest BCUT2D eigenvalue weighted by molar-refractivity contribution is -0.385. The van der Waals surface area contributed by atoms with Crippen molar-refractivity contribution in [2.24, 2.45) is 17.1 Å². The monoisotopic (exact) mass is 369 g/mol. The van der Waals surface area contributed by atoms with Gasteiger partial charge in [-0.2, -0.15) is 0 Å². The van der Waals surface area contributed by atoms with Crippen LogP contribution in [0.15, 0.2) is 24.3 Å². The van der Waals surface area contributed by atoms with E-state index in [0.717, 1.165) is 12.8 Å². The Bertz CT molecular complexity index is 682. The molecule has 3 unspecified atom stereocenters. The molecule has 1 saturated carbocycles. The van der Waals surface area contributed by atoms with Crippen molar-refractivity contribution in [1.29, 1.82) is 0 Å². The van der Waals surface area contributed by atoms with Crippen LogP contribution in [0.1, 0.15) is 32.3 Å². The Kier molecular flexibility index (Phi) is 5.41. The first-order chi connectivity index (χ1) is 11.3. The highest BCUT2D eigenvalue weighted by atomic mass is 35.5. The summed E-state index contributed by atoms with van der Waals surface area (Å²) in [6, 6.07) is 6.38. The fourth-order valence-electron chi connectivity index (χ4n) is 4.20. The van der Waals surface area contributed by atoms with Gasteiger partial charge in [-0.1, -0.05) is 32.0 Å². The minimum absolute atomic E-state index is 0. The van der Waals surface area contributed by atoms with Crippen LogP contribution in [-0.4, -0.2) is 29.1 Å². The number of nitrogens with zero attached hydrogens (tertiary/aromatic N) is 1. The number of nitro benzene ring substituents is 1. The van der Waals surface area contributed by atoms with Crippen LogP contribution in [0, 0.1) is 21.4 Å². The standard InChI is InChI=1S/C17H23N3O4.ClH/c1-16(2)14-12(7-5-9-24-14)17(16,18)15(21)19-10-11-6-3-4-8-13(11)20(22)23;/h3-4,6,8,12,14H,5,7,9-10,18H2,1-2H3,(H,19,21);1H. The van der Waals surface area contributed by atoms with Gasteiger partial charge in [0, 0.05) is 36.1 Å². The Labute approximate surface area is 152 Å². The molecule has 1 saturated heterocycles. The van der Waals surface area contributed by atoms with E-state index < -0.39 is 15.9 Å². The molecule has 3 N–H and O–H groups in total. The van der Waals surface area contributed by atoms with Crippen molar-refractivity contribution in [3.05, 3.63) is 39.9 Å². The van der Waals surface area contributed by atoms with Crippen LogP contribution in [0.3, 0.4) is 0 Å². The maximum atomic E-state index is 12.8. The number of hydrogen-bond donors (Lipinski definition) is 2. The molecule has 0 radical (unpaired) electrons. The van der Waals surface area contributed by atoms with Crippen LogP contribution in [-0.2, 0) is 16.1 Å². The summed E-state index contributed by atoms with van der Waals surface area (Å²) in [5.41, 5.74) is 5.50. The number of carbonyl (C=O) groups excluding carboxylic acids is 1. The van der Waals surface area contributed by atoms with Gasteiger partial charge in [-0.25, -0.2) is 0 Å². The maximum Gasteiger partial charge on any atom is 0.274 e. The molecule has 8 heteroatoms. The van der Waals surface area contributed by atoms with Gasteiger partial charge in [0.15, 0.2) is 0 Å². The number of nitrogens with one attached hydrogen (secondary N) is 1. The summed E-state index contributed by atoms with van der Waals surface area (Å²) in [6.45, 7) is 4.69. The molecule has 3 atom stereocenters. The highest BCUT2D eigenvalue weighted by molar-refractivity contribution is 5.89. The van der Waals surface area contributed by atoms with Crippen LogP contribution in [0.5, 0.6) is 0 Å². The average Bonchev–Trinajstić information content (AvgIpc) is 2.59. The summed E-state index contributed by atoms with van der Waals surface area (Å²) in [7, 11) is 0.